The van der Waals surface area contributed by atoms with Crippen LogP contribution in [0.15, 0.2) is 340 Å². The Morgan fingerprint density at radius 3 is 0.803 bits per heavy atom. The SMILES string of the molecule is CCO.CO.CO.C[Si](C)(C)c1ccc(-c2[c-]cc3oc4ccccc4c3c2)nc1.C[Si](C)(C)c1ccc(-c2[c-]cc3oc4ccccc4c3c2)nc1.C[Si](C)(C)c1ccc(-c2[c-]cc3oc4ccccc4c3c2)nc1.C[Si](C)(C)c1ccc(-c2[c-]cc3oc4ccccc4c3c2)nc1.O=S(O)(O)=C(F)F.[Ir+3].[Ir].[c-]1ccccc1-c1ccccn1.c1ccc(-c2ccccn2)cc1. The molecule has 132 heavy (non-hydrogen) atoms. The van der Waals surface area contributed by atoms with Crippen LogP contribution < -0.4 is 20.7 Å². The maximum absolute atomic E-state index is 10.7. The second kappa shape index (κ2) is 48.0. The summed E-state index contributed by atoms with van der Waals surface area (Å²) in [6, 6.07) is 112. The summed E-state index contributed by atoms with van der Waals surface area (Å²) in [5.74, 6) is 0. The van der Waals surface area contributed by atoms with E-state index in [-0.39, 0.29) is 46.8 Å². The quantitative estimate of drug-likeness (QED) is 0.0370. The van der Waals surface area contributed by atoms with Gasteiger partial charge in [0, 0.05) is 105 Å². The molecule has 0 aliphatic heterocycles. The third-order valence-corrected chi connectivity index (χ3v) is 29.0. The number of pyridine rings is 6. The van der Waals surface area contributed by atoms with Crippen molar-refractivity contribution < 1.29 is 95.3 Å². The molecule has 0 unspecified atom stereocenters. The number of nitrogens with zero attached hydrogens (tertiary/aromatic N) is 6. The number of furan rings is 4. The zero-order valence-electron chi connectivity index (χ0n) is 76.1. The summed E-state index contributed by atoms with van der Waals surface area (Å²) < 4.78 is 68.8. The molecule has 0 spiro atoms. The summed E-state index contributed by atoms with van der Waals surface area (Å²) in [4.78, 5) is 27.1. The Balaban J connectivity index is 0.000000175. The Morgan fingerprint density at radius 1 is 0.318 bits per heavy atom. The third-order valence-electron chi connectivity index (χ3n) is 20.4. The maximum atomic E-state index is 10.7. The van der Waals surface area contributed by atoms with Gasteiger partial charge in [-0.25, -0.2) is 4.21 Å². The van der Waals surface area contributed by atoms with Crippen molar-refractivity contribution in [3.63, 3.8) is 0 Å². The summed E-state index contributed by atoms with van der Waals surface area (Å²) in [5.41, 5.74) is 19.2. The zero-order valence-corrected chi connectivity index (χ0v) is 85.7. The van der Waals surface area contributed by atoms with E-state index in [9.17, 15) is 13.0 Å². The smallest absolute Gasteiger partial charge is 0.500 e. The van der Waals surface area contributed by atoms with Crippen molar-refractivity contribution in [1.29, 1.82) is 0 Å². The summed E-state index contributed by atoms with van der Waals surface area (Å²) in [7, 11) is -8.16. The number of fused-ring (bicyclic) bond motifs is 12. The predicted molar refractivity (Wildman–Crippen MR) is 543 cm³/mol. The number of rotatable bonds is 10. The molecule has 20 aromatic rings. The molecule has 0 aliphatic carbocycles. The van der Waals surface area contributed by atoms with Gasteiger partial charge in [-0.05, 0) is 98.6 Å². The Bertz CT molecular complexity index is 6350. The molecule has 0 aliphatic rings. The molecule has 10 heterocycles. The van der Waals surface area contributed by atoms with Gasteiger partial charge in [-0.1, -0.05) is 270 Å². The fourth-order valence-electron chi connectivity index (χ4n) is 13.5. The topological polar surface area (TPSA) is 248 Å². The van der Waals surface area contributed by atoms with E-state index in [0.29, 0.717) is 0 Å². The van der Waals surface area contributed by atoms with Crippen molar-refractivity contribution in [2.75, 3.05) is 20.8 Å². The van der Waals surface area contributed by atoms with Crippen LogP contribution in [-0.2, 0) is 50.3 Å². The molecule has 0 saturated carbocycles. The van der Waals surface area contributed by atoms with E-state index in [1.165, 1.54) is 20.7 Å². The molecule has 10 aromatic carbocycles. The van der Waals surface area contributed by atoms with Crippen LogP contribution in [0, 0.1) is 30.3 Å². The van der Waals surface area contributed by atoms with Crippen LogP contribution in [0.4, 0.5) is 8.78 Å². The fourth-order valence-corrected chi connectivity index (χ4v) is 17.6. The van der Waals surface area contributed by atoms with Gasteiger partial charge >= 0.3 is 25.5 Å². The van der Waals surface area contributed by atoms with Gasteiger partial charge in [0.15, 0.2) is 0 Å². The Morgan fingerprint density at radius 2 is 0.568 bits per heavy atom. The first kappa shape index (κ1) is 104. The number of aliphatic hydroxyl groups is 3. The summed E-state index contributed by atoms with van der Waals surface area (Å²) >= 11 is 0. The van der Waals surface area contributed by atoms with Crippen molar-refractivity contribution in [2.45, 2.75) is 85.5 Å². The number of halogens is 2. The monoisotopic (exact) mass is 2200 g/mol. The van der Waals surface area contributed by atoms with E-state index in [1.54, 1.807) is 13.1 Å². The largest absolute Gasteiger partial charge is 3.00 e. The molecule has 20 rings (SSSR count). The van der Waals surface area contributed by atoms with Crippen LogP contribution >= 0.6 is 0 Å². The first-order valence-corrected chi connectivity index (χ1v) is 57.6. The predicted octanol–water partition coefficient (Wildman–Crippen LogP) is 24.7. The van der Waals surface area contributed by atoms with E-state index in [4.69, 9.17) is 42.1 Å². The normalized spacial score (nSPS) is 11.0. The van der Waals surface area contributed by atoms with Crippen molar-refractivity contribution >= 4 is 156 Å². The maximum Gasteiger partial charge on any atom is 3.00 e. The van der Waals surface area contributed by atoms with Gasteiger partial charge in [0.2, 0.25) is 0 Å². The van der Waals surface area contributed by atoms with Crippen LogP contribution in [0.25, 0.3) is 155 Å². The molecule has 5 N–H and O–H groups in total. The Kier molecular flexibility index (Phi) is 37.8. The van der Waals surface area contributed by atoms with Crippen molar-refractivity contribution in [1.82, 2.24) is 29.9 Å². The van der Waals surface area contributed by atoms with E-state index in [2.05, 4.69) is 248 Å². The van der Waals surface area contributed by atoms with Gasteiger partial charge in [-0.15, -0.1) is 131 Å². The van der Waals surface area contributed by atoms with Gasteiger partial charge in [0.25, 0.3) is 10.1 Å². The van der Waals surface area contributed by atoms with E-state index < -0.39 is 47.8 Å². The Labute approximate surface area is 801 Å². The first-order valence-electron chi connectivity index (χ1n) is 42.1. The van der Waals surface area contributed by atoms with Crippen LogP contribution in [0.3, 0.4) is 0 Å². The number of para-hydroxylation sites is 4. The van der Waals surface area contributed by atoms with Gasteiger partial charge in [-0.2, -0.15) is 8.78 Å². The van der Waals surface area contributed by atoms with Gasteiger partial charge in [-0.3, -0.25) is 14.1 Å². The minimum absolute atomic E-state index is 0. The number of aliphatic hydroxyl groups excluding tert-OH is 3. The van der Waals surface area contributed by atoms with Crippen LogP contribution in [-0.4, -0.2) is 117 Å². The van der Waals surface area contributed by atoms with Crippen LogP contribution in [0.5, 0.6) is 0 Å². The fraction of sp³-hybridized carbons (Fsp3) is 0.150. The average Bonchev–Trinajstić information content (AvgIpc) is 1.64. The molecular weight excluding hydrogens is 2100 g/mol. The number of hydrogen-bond acceptors (Lipinski definition) is 14. The van der Waals surface area contributed by atoms with Crippen molar-refractivity contribution in [3.05, 3.63) is 353 Å². The van der Waals surface area contributed by atoms with Crippen LogP contribution in [0.1, 0.15) is 6.92 Å². The second-order valence-electron chi connectivity index (χ2n) is 33.7. The minimum atomic E-state index is -4.91. The van der Waals surface area contributed by atoms with E-state index in [1.807, 2.05) is 207 Å². The van der Waals surface area contributed by atoms with E-state index in [0.717, 1.165) is 170 Å². The molecule has 10 aromatic heterocycles. The molecule has 0 amide bonds. The molecule has 0 saturated heterocycles. The standard InChI is InChI=1S/4C20H18NOSi.C11H9N.C11H8N.C2H6O.CH2F2O3S.2CH4O.2Ir/c4*1-23(2,3)15-9-10-18(21-13-15)14-8-11-20-17(12-14)16-6-4-5-7-19(16)22-20;2*1-2-6-10(7-3-1)11-8-4-5-9-12-11;1-2-3;2-1(3)7(4,5)6;2*1-2;;/h4*4-7,9-13H,1-3H3;1-9H;1-6,8-9H;3H,2H2,1H3;(H2,4,5,6);2*2H,1H3;;/q4*-1;;-1;;;;;;+3. The van der Waals surface area contributed by atoms with Crippen molar-refractivity contribution in [2.24, 2.45) is 0 Å². The summed E-state index contributed by atoms with van der Waals surface area (Å²) in [6.07, 6.45) is 11.7. The molecule has 679 valence electrons. The van der Waals surface area contributed by atoms with Gasteiger partial charge in [0.05, 0.1) is 60.3 Å². The van der Waals surface area contributed by atoms with Gasteiger partial charge in [0.1, 0.15) is 22.3 Å². The Hall–Kier alpha value is -11.9. The molecule has 0 fully saturated rings. The van der Waals surface area contributed by atoms with Crippen molar-refractivity contribution in [3.8, 4) is 67.5 Å². The molecule has 16 nitrogen and oxygen atoms in total. The second-order valence-corrected chi connectivity index (χ2v) is 55.3. The van der Waals surface area contributed by atoms with Gasteiger partial charge < -0.3 is 57.9 Å². The average molecular weight is 2200 g/mol. The molecule has 0 atom stereocenters. The number of hydrogen-bond donors (Lipinski definition) is 5. The van der Waals surface area contributed by atoms with E-state index >= 15 is 0 Å². The first-order chi connectivity index (χ1) is 62.4. The minimum Gasteiger partial charge on any atom is -0.500 e. The number of aromatic nitrogens is 6. The number of benzene rings is 10. The molecular formula is C107H105F2Ir2N6O10SSi4-2. The summed E-state index contributed by atoms with van der Waals surface area (Å²) in [6.45, 7) is 29.9. The molecule has 25 heteroatoms. The molecule has 0 bridgehead atoms. The zero-order chi connectivity index (χ0) is 93.3. The third kappa shape index (κ3) is 27.7. The van der Waals surface area contributed by atoms with Crippen LogP contribution in [0.2, 0.25) is 78.6 Å². The molecule has 1 radical (unpaired) electrons. The summed E-state index contributed by atoms with van der Waals surface area (Å²) in [5, 5.41) is 33.2.